The van der Waals surface area contributed by atoms with Crippen LogP contribution in [0.15, 0.2) is 12.1 Å². The van der Waals surface area contributed by atoms with Crippen molar-refractivity contribution in [2.75, 3.05) is 6.61 Å². The number of carbonyl (C=O) groups is 2. The standard InChI is InChI=1S/C11H11NO5/c1-3-17-11-5-10(12(15)16)8(6-13)4-9(11)7(2)14/h4-6H,3H2,1-2H3. The van der Waals surface area contributed by atoms with Gasteiger partial charge in [0, 0.05) is 0 Å². The molecular weight excluding hydrogens is 226 g/mol. The second-order valence-electron chi connectivity index (χ2n) is 3.27. The van der Waals surface area contributed by atoms with Crippen LogP contribution >= 0.6 is 0 Å². The third-order valence-corrected chi connectivity index (χ3v) is 2.13. The number of ketones is 1. The third kappa shape index (κ3) is 2.66. The number of nitro benzene ring substituents is 1. The van der Waals surface area contributed by atoms with Crippen LogP contribution in [0.2, 0.25) is 0 Å². The number of carbonyl (C=O) groups excluding carboxylic acids is 2. The van der Waals surface area contributed by atoms with E-state index in [1.54, 1.807) is 6.92 Å². The predicted octanol–water partition coefficient (Wildman–Crippen LogP) is 2.01. The summed E-state index contributed by atoms with van der Waals surface area (Å²) in [5.74, 6) is -0.191. The molecule has 0 saturated heterocycles. The van der Waals surface area contributed by atoms with Gasteiger partial charge in [0.1, 0.15) is 5.75 Å². The first kappa shape index (κ1) is 12.8. The summed E-state index contributed by atoms with van der Waals surface area (Å²) < 4.78 is 5.15. The third-order valence-electron chi connectivity index (χ3n) is 2.13. The average molecular weight is 237 g/mol. The molecule has 1 aromatic carbocycles. The van der Waals surface area contributed by atoms with E-state index >= 15 is 0 Å². The molecule has 0 saturated carbocycles. The molecule has 0 bridgehead atoms. The minimum atomic E-state index is -0.684. The van der Waals surface area contributed by atoms with E-state index in [4.69, 9.17) is 4.74 Å². The number of rotatable bonds is 5. The Kier molecular flexibility index (Phi) is 3.92. The van der Waals surface area contributed by atoms with Crippen LogP contribution in [0.1, 0.15) is 34.6 Å². The zero-order chi connectivity index (χ0) is 13.0. The highest BCUT2D eigenvalue weighted by Crippen LogP contribution is 2.28. The van der Waals surface area contributed by atoms with Gasteiger partial charge < -0.3 is 4.74 Å². The molecule has 1 rings (SSSR count). The van der Waals surface area contributed by atoms with E-state index in [9.17, 15) is 19.7 Å². The lowest BCUT2D eigenvalue weighted by molar-refractivity contribution is -0.385. The van der Waals surface area contributed by atoms with E-state index in [0.717, 1.165) is 6.07 Å². The van der Waals surface area contributed by atoms with Gasteiger partial charge in [0.05, 0.1) is 28.7 Å². The first-order chi connectivity index (χ1) is 8.01. The molecule has 0 aromatic heterocycles. The smallest absolute Gasteiger partial charge is 0.283 e. The minimum Gasteiger partial charge on any atom is -0.493 e. The van der Waals surface area contributed by atoms with Gasteiger partial charge in [-0.05, 0) is 19.9 Å². The van der Waals surface area contributed by atoms with Crippen LogP contribution in [0.4, 0.5) is 5.69 Å². The maximum absolute atomic E-state index is 11.3. The van der Waals surface area contributed by atoms with Crippen LogP contribution in [0.25, 0.3) is 0 Å². The summed E-state index contributed by atoms with van der Waals surface area (Å²) in [4.78, 5) is 32.1. The van der Waals surface area contributed by atoms with Crippen molar-refractivity contribution in [1.29, 1.82) is 0 Å². The molecule has 90 valence electrons. The van der Waals surface area contributed by atoms with E-state index < -0.39 is 4.92 Å². The van der Waals surface area contributed by atoms with Crippen molar-refractivity contribution in [1.82, 2.24) is 0 Å². The van der Waals surface area contributed by atoms with Crippen LogP contribution in [0.5, 0.6) is 5.75 Å². The van der Waals surface area contributed by atoms with Crippen molar-refractivity contribution >= 4 is 17.8 Å². The summed E-state index contributed by atoms with van der Waals surface area (Å²) in [5.41, 5.74) is -0.336. The predicted molar refractivity (Wildman–Crippen MR) is 59.7 cm³/mol. The topological polar surface area (TPSA) is 86.5 Å². The Balaban J connectivity index is 3.47. The molecule has 0 aliphatic rings. The Bertz CT molecular complexity index is 481. The molecule has 0 amide bonds. The quantitative estimate of drug-likeness (QED) is 0.338. The second-order valence-corrected chi connectivity index (χ2v) is 3.27. The van der Waals surface area contributed by atoms with Gasteiger partial charge in [-0.15, -0.1) is 0 Å². The Morgan fingerprint density at radius 2 is 2.18 bits per heavy atom. The Hall–Kier alpha value is -2.24. The van der Waals surface area contributed by atoms with Crippen molar-refractivity contribution in [2.24, 2.45) is 0 Å². The normalized spacial score (nSPS) is 9.76. The molecule has 0 spiro atoms. The number of hydrogen-bond acceptors (Lipinski definition) is 5. The number of ether oxygens (including phenoxy) is 1. The summed E-state index contributed by atoms with van der Waals surface area (Å²) >= 11 is 0. The van der Waals surface area contributed by atoms with Gasteiger partial charge in [-0.1, -0.05) is 0 Å². The number of Topliss-reactive ketones (excluding diaryl/α,β-unsaturated/α-hetero) is 1. The lowest BCUT2D eigenvalue weighted by atomic mass is 10.1. The monoisotopic (exact) mass is 237 g/mol. The minimum absolute atomic E-state index is 0.123. The highest BCUT2D eigenvalue weighted by atomic mass is 16.6. The SMILES string of the molecule is CCOc1cc([N+](=O)[O-])c(C=O)cc1C(C)=O. The summed E-state index contributed by atoms with van der Waals surface area (Å²) in [6.07, 6.45) is 0.348. The summed E-state index contributed by atoms with van der Waals surface area (Å²) in [6.45, 7) is 3.28. The maximum atomic E-state index is 11.3. The highest BCUT2D eigenvalue weighted by Gasteiger charge is 2.20. The largest absolute Gasteiger partial charge is 0.493 e. The second kappa shape index (κ2) is 5.20. The zero-order valence-electron chi connectivity index (χ0n) is 9.43. The molecule has 17 heavy (non-hydrogen) atoms. The van der Waals surface area contributed by atoms with E-state index in [0.29, 0.717) is 6.29 Å². The molecule has 0 N–H and O–H groups in total. The van der Waals surface area contributed by atoms with Gasteiger partial charge in [-0.2, -0.15) is 0 Å². The molecule has 0 fully saturated rings. The Morgan fingerprint density at radius 1 is 1.53 bits per heavy atom. The van der Waals surface area contributed by atoms with E-state index in [-0.39, 0.29) is 35.0 Å². The maximum Gasteiger partial charge on any atom is 0.283 e. The van der Waals surface area contributed by atoms with Gasteiger partial charge in [0.25, 0.3) is 5.69 Å². The summed E-state index contributed by atoms with van der Waals surface area (Å²) in [7, 11) is 0. The van der Waals surface area contributed by atoms with Crippen molar-refractivity contribution in [2.45, 2.75) is 13.8 Å². The van der Waals surface area contributed by atoms with Gasteiger partial charge in [-0.25, -0.2) is 0 Å². The first-order valence-corrected chi connectivity index (χ1v) is 4.92. The number of nitrogens with zero attached hydrogens (tertiary/aromatic N) is 1. The summed E-state index contributed by atoms with van der Waals surface area (Å²) in [6, 6.07) is 2.28. The van der Waals surface area contributed by atoms with Crippen LogP contribution < -0.4 is 4.74 Å². The van der Waals surface area contributed by atoms with E-state index in [1.165, 1.54) is 13.0 Å². The van der Waals surface area contributed by atoms with Crippen molar-refractivity contribution in [3.05, 3.63) is 33.4 Å². The average Bonchev–Trinajstić information content (AvgIpc) is 2.28. The number of benzene rings is 1. The first-order valence-electron chi connectivity index (χ1n) is 4.92. The lowest BCUT2D eigenvalue weighted by Crippen LogP contribution is -2.04. The fourth-order valence-corrected chi connectivity index (χ4v) is 1.39. The number of nitro groups is 1. The van der Waals surface area contributed by atoms with Gasteiger partial charge in [0.15, 0.2) is 12.1 Å². The van der Waals surface area contributed by atoms with Crippen molar-refractivity contribution in [3.63, 3.8) is 0 Å². The fraction of sp³-hybridized carbons (Fsp3) is 0.273. The van der Waals surface area contributed by atoms with E-state index in [2.05, 4.69) is 0 Å². The molecule has 0 aliphatic heterocycles. The summed E-state index contributed by atoms with van der Waals surface area (Å²) in [5, 5.41) is 10.7. The Morgan fingerprint density at radius 3 is 2.59 bits per heavy atom. The van der Waals surface area contributed by atoms with E-state index in [1.807, 2.05) is 0 Å². The van der Waals surface area contributed by atoms with Crippen molar-refractivity contribution in [3.8, 4) is 5.75 Å². The molecular formula is C11H11NO5. The van der Waals surface area contributed by atoms with Crippen LogP contribution in [0.3, 0.4) is 0 Å². The number of hydrogen-bond donors (Lipinski definition) is 0. The molecule has 0 radical (unpaired) electrons. The molecule has 0 heterocycles. The molecule has 0 atom stereocenters. The van der Waals surface area contributed by atoms with Crippen molar-refractivity contribution < 1.29 is 19.2 Å². The number of aldehydes is 1. The van der Waals surface area contributed by atoms with Crippen LogP contribution in [-0.4, -0.2) is 23.6 Å². The molecule has 6 nitrogen and oxygen atoms in total. The molecule has 6 heteroatoms. The van der Waals surface area contributed by atoms with Crippen LogP contribution in [0, 0.1) is 10.1 Å². The molecule has 0 unspecified atom stereocenters. The van der Waals surface area contributed by atoms with Gasteiger partial charge in [-0.3, -0.25) is 19.7 Å². The molecule has 1 aromatic rings. The van der Waals surface area contributed by atoms with Crippen LogP contribution in [-0.2, 0) is 0 Å². The Labute approximate surface area is 97.3 Å². The lowest BCUT2D eigenvalue weighted by Gasteiger charge is -2.08. The molecule has 0 aliphatic carbocycles. The fourth-order valence-electron chi connectivity index (χ4n) is 1.39. The highest BCUT2D eigenvalue weighted by molar-refractivity contribution is 5.99. The van der Waals surface area contributed by atoms with Gasteiger partial charge >= 0.3 is 0 Å². The van der Waals surface area contributed by atoms with Gasteiger partial charge in [0.2, 0.25) is 0 Å². The zero-order valence-corrected chi connectivity index (χ0v) is 9.43.